The first-order chi connectivity index (χ1) is 12.8. The van der Waals surface area contributed by atoms with E-state index in [4.69, 9.17) is 4.74 Å². The highest BCUT2D eigenvalue weighted by Gasteiger charge is 2.18. The zero-order valence-corrected chi connectivity index (χ0v) is 16.1. The summed E-state index contributed by atoms with van der Waals surface area (Å²) >= 11 is 0. The van der Waals surface area contributed by atoms with Gasteiger partial charge in [0.25, 0.3) is 5.91 Å². The lowest BCUT2D eigenvalue weighted by atomic mass is 10.1. The molecule has 0 unspecified atom stereocenters. The molecule has 140 valence electrons. The number of carbonyl (C=O) groups is 1. The van der Waals surface area contributed by atoms with Gasteiger partial charge in [-0.05, 0) is 29.7 Å². The summed E-state index contributed by atoms with van der Waals surface area (Å²) in [6.07, 6.45) is 1.10. The third-order valence-electron chi connectivity index (χ3n) is 4.33. The number of carbonyl (C=O) groups excluding carboxylic acids is 1. The lowest BCUT2D eigenvalue weighted by molar-refractivity contribution is 0.102. The van der Waals surface area contributed by atoms with Crippen LogP contribution in [0, 0.1) is 0 Å². The molecule has 0 spiro atoms. The van der Waals surface area contributed by atoms with Gasteiger partial charge < -0.3 is 10.1 Å². The van der Waals surface area contributed by atoms with Gasteiger partial charge in [-0.2, -0.15) is 0 Å². The summed E-state index contributed by atoms with van der Waals surface area (Å²) in [6.45, 7) is 0. The van der Waals surface area contributed by atoms with Crippen LogP contribution in [0.1, 0.15) is 10.4 Å². The number of benzene rings is 3. The van der Waals surface area contributed by atoms with E-state index in [0.717, 1.165) is 21.3 Å². The van der Waals surface area contributed by atoms with Crippen LogP contribution < -0.4 is 14.4 Å². The average Bonchev–Trinajstić information content (AvgIpc) is 2.66. The summed E-state index contributed by atoms with van der Waals surface area (Å²) < 4.78 is 30.0. The van der Waals surface area contributed by atoms with Crippen LogP contribution in [0.3, 0.4) is 0 Å². The maximum atomic E-state index is 12.9. The fourth-order valence-electron chi connectivity index (χ4n) is 2.78. The summed E-state index contributed by atoms with van der Waals surface area (Å²) in [7, 11) is -0.548. The molecule has 0 aliphatic carbocycles. The number of nitrogens with one attached hydrogen (secondary N) is 1. The molecule has 0 radical (unpaired) electrons. The molecule has 3 aromatic carbocycles. The molecule has 0 atom stereocenters. The first-order valence-electron chi connectivity index (χ1n) is 8.22. The first-order valence-corrected chi connectivity index (χ1v) is 10.1. The number of sulfonamides is 1. The Hall–Kier alpha value is -3.06. The average molecular weight is 384 g/mol. The van der Waals surface area contributed by atoms with Crippen molar-refractivity contribution in [3.8, 4) is 5.75 Å². The molecule has 0 aliphatic rings. The van der Waals surface area contributed by atoms with E-state index in [1.54, 1.807) is 12.1 Å². The van der Waals surface area contributed by atoms with Crippen molar-refractivity contribution in [2.24, 2.45) is 0 Å². The molecule has 1 amide bonds. The number of amides is 1. The Balaban J connectivity index is 2.00. The Morgan fingerprint density at radius 1 is 1.04 bits per heavy atom. The number of anilines is 2. The smallest absolute Gasteiger partial charge is 0.259 e. The van der Waals surface area contributed by atoms with Crippen molar-refractivity contribution in [1.82, 2.24) is 0 Å². The van der Waals surface area contributed by atoms with Crippen LogP contribution in [0.25, 0.3) is 10.8 Å². The molecule has 7 heteroatoms. The van der Waals surface area contributed by atoms with Gasteiger partial charge in [-0.1, -0.05) is 36.4 Å². The highest BCUT2D eigenvalue weighted by atomic mass is 32.2. The Labute approximate surface area is 158 Å². The fraction of sp³-hybridized carbons (Fsp3) is 0.150. The van der Waals surface area contributed by atoms with Gasteiger partial charge in [0, 0.05) is 18.1 Å². The summed E-state index contributed by atoms with van der Waals surface area (Å²) in [4.78, 5) is 12.9. The standard InChI is InChI=1S/C20H20N2O4S/c1-22(27(3,24)25)15-11-12-19(26-2)17(13-15)20(23)21-18-10-6-8-14-7-4-5-9-16(14)18/h4-13H,1-3H3,(H,21,23). The zero-order valence-electron chi connectivity index (χ0n) is 15.3. The summed E-state index contributed by atoms with van der Waals surface area (Å²) in [5, 5.41) is 4.81. The van der Waals surface area contributed by atoms with Crippen LogP contribution in [0.5, 0.6) is 5.75 Å². The molecule has 0 fully saturated rings. The number of nitrogens with zero attached hydrogens (tertiary/aromatic N) is 1. The van der Waals surface area contributed by atoms with Crippen molar-refractivity contribution in [1.29, 1.82) is 0 Å². The van der Waals surface area contributed by atoms with Gasteiger partial charge in [-0.25, -0.2) is 8.42 Å². The van der Waals surface area contributed by atoms with Gasteiger partial charge in [0.2, 0.25) is 10.0 Å². The van der Waals surface area contributed by atoms with Crippen LogP contribution in [-0.2, 0) is 10.0 Å². The third-order valence-corrected chi connectivity index (χ3v) is 5.53. The lowest BCUT2D eigenvalue weighted by Crippen LogP contribution is -2.25. The molecule has 0 bridgehead atoms. The minimum absolute atomic E-state index is 0.249. The Morgan fingerprint density at radius 2 is 1.74 bits per heavy atom. The van der Waals surface area contributed by atoms with Gasteiger partial charge >= 0.3 is 0 Å². The number of hydrogen-bond donors (Lipinski definition) is 1. The largest absolute Gasteiger partial charge is 0.496 e. The Kier molecular flexibility index (Phi) is 5.05. The highest BCUT2D eigenvalue weighted by molar-refractivity contribution is 7.92. The second-order valence-corrected chi connectivity index (χ2v) is 8.11. The molecule has 0 aliphatic heterocycles. The van der Waals surface area contributed by atoms with E-state index in [0.29, 0.717) is 17.1 Å². The second kappa shape index (κ2) is 7.28. The molecule has 3 aromatic rings. The van der Waals surface area contributed by atoms with Crippen molar-refractivity contribution < 1.29 is 17.9 Å². The number of methoxy groups -OCH3 is 1. The zero-order chi connectivity index (χ0) is 19.6. The molecule has 6 nitrogen and oxygen atoms in total. The molecule has 0 saturated carbocycles. The van der Waals surface area contributed by atoms with Gasteiger partial charge in [0.15, 0.2) is 0 Å². The molecule has 3 rings (SSSR count). The minimum atomic E-state index is -3.44. The molecular formula is C20H20N2O4S. The van der Waals surface area contributed by atoms with E-state index < -0.39 is 10.0 Å². The van der Waals surface area contributed by atoms with E-state index in [-0.39, 0.29) is 11.5 Å². The van der Waals surface area contributed by atoms with E-state index >= 15 is 0 Å². The van der Waals surface area contributed by atoms with Crippen LogP contribution in [0.15, 0.2) is 60.7 Å². The maximum Gasteiger partial charge on any atom is 0.259 e. The normalized spacial score (nSPS) is 11.2. The molecule has 0 heterocycles. The second-order valence-electron chi connectivity index (χ2n) is 6.10. The molecule has 27 heavy (non-hydrogen) atoms. The van der Waals surface area contributed by atoms with Gasteiger partial charge in [-0.3, -0.25) is 9.10 Å². The van der Waals surface area contributed by atoms with Crippen molar-refractivity contribution in [2.45, 2.75) is 0 Å². The number of rotatable bonds is 5. The monoisotopic (exact) mass is 384 g/mol. The predicted molar refractivity (Wildman–Crippen MR) is 108 cm³/mol. The lowest BCUT2D eigenvalue weighted by Gasteiger charge is -2.19. The van der Waals surface area contributed by atoms with Crippen LogP contribution >= 0.6 is 0 Å². The van der Waals surface area contributed by atoms with Gasteiger partial charge in [0.1, 0.15) is 5.75 Å². The number of ether oxygens (including phenoxy) is 1. The number of hydrogen-bond acceptors (Lipinski definition) is 4. The summed E-state index contributed by atoms with van der Waals surface area (Å²) in [5.74, 6) is -0.0228. The van der Waals surface area contributed by atoms with Crippen molar-refractivity contribution in [3.63, 3.8) is 0 Å². The summed E-state index contributed by atoms with van der Waals surface area (Å²) in [6, 6.07) is 18.0. The molecular weight excluding hydrogens is 364 g/mol. The third kappa shape index (κ3) is 3.88. The topological polar surface area (TPSA) is 75.7 Å². The van der Waals surface area contributed by atoms with E-state index in [1.807, 2.05) is 42.5 Å². The minimum Gasteiger partial charge on any atom is -0.496 e. The van der Waals surface area contributed by atoms with Crippen molar-refractivity contribution >= 4 is 38.1 Å². The van der Waals surface area contributed by atoms with Crippen LogP contribution in [-0.4, -0.2) is 34.7 Å². The van der Waals surface area contributed by atoms with Crippen molar-refractivity contribution in [2.75, 3.05) is 30.0 Å². The van der Waals surface area contributed by atoms with Gasteiger partial charge in [0.05, 0.1) is 24.6 Å². The van der Waals surface area contributed by atoms with Gasteiger partial charge in [-0.15, -0.1) is 0 Å². The first kappa shape index (κ1) is 18.7. The predicted octanol–water partition coefficient (Wildman–Crippen LogP) is 3.50. The molecule has 0 aromatic heterocycles. The maximum absolute atomic E-state index is 12.9. The van der Waals surface area contributed by atoms with E-state index in [1.165, 1.54) is 20.2 Å². The number of fused-ring (bicyclic) bond motifs is 1. The SMILES string of the molecule is COc1ccc(N(C)S(C)(=O)=O)cc1C(=O)Nc1cccc2ccccc12. The Bertz CT molecular complexity index is 1100. The Morgan fingerprint density at radius 3 is 2.44 bits per heavy atom. The summed E-state index contributed by atoms with van der Waals surface area (Å²) in [5.41, 5.74) is 1.29. The fourth-order valence-corrected chi connectivity index (χ4v) is 3.28. The molecule has 1 N–H and O–H groups in total. The van der Waals surface area contributed by atoms with Crippen LogP contribution in [0.2, 0.25) is 0 Å². The quantitative estimate of drug-likeness (QED) is 0.731. The van der Waals surface area contributed by atoms with Crippen LogP contribution in [0.4, 0.5) is 11.4 Å². The molecule has 0 saturated heterocycles. The van der Waals surface area contributed by atoms with E-state index in [2.05, 4.69) is 5.32 Å². The highest BCUT2D eigenvalue weighted by Crippen LogP contribution is 2.28. The van der Waals surface area contributed by atoms with E-state index in [9.17, 15) is 13.2 Å². The van der Waals surface area contributed by atoms with Crippen molar-refractivity contribution in [3.05, 3.63) is 66.2 Å².